The smallest absolute Gasteiger partial charge is 0.325 e. The molecule has 9 nitrogen and oxygen atoms in total. The molecule has 2 aromatic carbocycles. The third-order valence-electron chi connectivity index (χ3n) is 4.18. The predicted octanol–water partition coefficient (Wildman–Crippen LogP) is 1.92. The normalized spacial score (nSPS) is 9.84. The number of esters is 1. The van der Waals surface area contributed by atoms with E-state index in [0.29, 0.717) is 17.2 Å². The van der Waals surface area contributed by atoms with Gasteiger partial charge in [0.15, 0.2) is 6.61 Å². The van der Waals surface area contributed by atoms with Crippen molar-refractivity contribution in [3.8, 4) is 17.6 Å². The van der Waals surface area contributed by atoms with Gasteiger partial charge in [0.1, 0.15) is 18.0 Å². The maximum absolute atomic E-state index is 12.5. The molecule has 0 saturated carbocycles. The van der Waals surface area contributed by atoms with Gasteiger partial charge in [-0.2, -0.15) is 5.26 Å². The van der Waals surface area contributed by atoms with Crippen LogP contribution in [0.4, 0.5) is 5.69 Å². The lowest BCUT2D eigenvalue weighted by Crippen LogP contribution is -2.37. The number of methoxy groups -OCH3 is 2. The number of nitrogens with one attached hydrogen (secondary N) is 1. The van der Waals surface area contributed by atoms with Crippen molar-refractivity contribution in [3.05, 3.63) is 54.1 Å². The Balaban J connectivity index is 1.90. The molecule has 2 rings (SSSR count). The quantitative estimate of drug-likeness (QED) is 0.578. The van der Waals surface area contributed by atoms with Crippen molar-refractivity contribution in [2.45, 2.75) is 6.42 Å². The molecule has 162 valence electrons. The maximum Gasteiger partial charge on any atom is 0.325 e. The molecule has 0 fully saturated rings. The van der Waals surface area contributed by atoms with Crippen LogP contribution in [0.25, 0.3) is 0 Å². The molecule has 2 amide bonds. The summed E-state index contributed by atoms with van der Waals surface area (Å²) in [6, 6.07) is 15.4. The van der Waals surface area contributed by atoms with Gasteiger partial charge in [-0.25, -0.2) is 0 Å². The number of hydrogen-bond donors (Lipinski definition) is 1. The van der Waals surface area contributed by atoms with Crippen LogP contribution < -0.4 is 19.7 Å². The minimum Gasteiger partial charge on any atom is -0.497 e. The number of carbonyl (C=O) groups excluding carboxylic acids is 3. The molecular formula is C22H23N3O6. The van der Waals surface area contributed by atoms with Crippen LogP contribution in [0.3, 0.4) is 0 Å². The lowest BCUT2D eigenvalue weighted by Gasteiger charge is -2.21. The monoisotopic (exact) mass is 425 g/mol. The first-order chi connectivity index (χ1) is 15.0. The van der Waals surface area contributed by atoms with Crippen LogP contribution in [0.1, 0.15) is 16.8 Å². The SMILES string of the molecule is COc1cc(OC)cc(C(=O)NCC(=O)OCC(=O)N(CCC#N)c2ccccc2)c1. The number of hydrogen-bond acceptors (Lipinski definition) is 7. The molecule has 0 bridgehead atoms. The van der Waals surface area contributed by atoms with Crippen molar-refractivity contribution >= 4 is 23.5 Å². The van der Waals surface area contributed by atoms with Crippen molar-refractivity contribution in [1.29, 1.82) is 5.26 Å². The molecule has 0 aliphatic carbocycles. The predicted molar refractivity (Wildman–Crippen MR) is 112 cm³/mol. The Labute approximate surface area is 180 Å². The first kappa shape index (κ1) is 23.2. The first-order valence-electron chi connectivity index (χ1n) is 9.37. The Bertz CT molecular complexity index is 933. The lowest BCUT2D eigenvalue weighted by atomic mass is 10.2. The number of ether oxygens (including phenoxy) is 3. The fraction of sp³-hybridized carbons (Fsp3) is 0.273. The molecule has 9 heteroatoms. The molecule has 0 aromatic heterocycles. The van der Waals surface area contributed by atoms with Crippen molar-refractivity contribution in [3.63, 3.8) is 0 Å². The summed E-state index contributed by atoms with van der Waals surface area (Å²) in [5.41, 5.74) is 0.839. The van der Waals surface area contributed by atoms with Gasteiger partial charge in [-0.1, -0.05) is 18.2 Å². The highest BCUT2D eigenvalue weighted by Crippen LogP contribution is 2.22. The number of amides is 2. The molecule has 1 N–H and O–H groups in total. The summed E-state index contributed by atoms with van der Waals surface area (Å²) in [5, 5.41) is 11.2. The largest absolute Gasteiger partial charge is 0.497 e. The second-order valence-electron chi connectivity index (χ2n) is 6.23. The van der Waals surface area contributed by atoms with Crippen molar-refractivity contribution < 1.29 is 28.6 Å². The molecule has 2 aromatic rings. The Kier molecular flexibility index (Phi) is 8.86. The minimum absolute atomic E-state index is 0.134. The second kappa shape index (κ2) is 11.8. The molecule has 0 unspecified atom stereocenters. The van der Waals surface area contributed by atoms with Crippen LogP contribution in [0.5, 0.6) is 11.5 Å². The molecule has 0 spiro atoms. The lowest BCUT2D eigenvalue weighted by molar-refractivity contribution is -0.146. The third kappa shape index (κ3) is 7.04. The van der Waals surface area contributed by atoms with Gasteiger partial charge in [0.25, 0.3) is 11.8 Å². The van der Waals surface area contributed by atoms with E-state index in [0.717, 1.165) is 0 Å². The first-order valence-corrected chi connectivity index (χ1v) is 9.37. The van der Waals surface area contributed by atoms with Gasteiger partial charge in [-0.3, -0.25) is 14.4 Å². The van der Waals surface area contributed by atoms with E-state index in [1.54, 1.807) is 36.4 Å². The van der Waals surface area contributed by atoms with E-state index in [1.165, 1.54) is 31.3 Å². The summed E-state index contributed by atoms with van der Waals surface area (Å²) in [6.07, 6.45) is 0.134. The number of nitrogens with zero attached hydrogens (tertiary/aromatic N) is 2. The van der Waals surface area contributed by atoms with Gasteiger partial charge in [0, 0.05) is 23.9 Å². The standard InChI is InChI=1S/C22H23N3O6/c1-29-18-11-16(12-19(13-18)30-2)22(28)24-14-21(27)31-15-20(26)25(10-6-9-23)17-7-4-3-5-8-17/h3-5,7-8,11-13H,6,10,14-15H2,1-2H3,(H,24,28). The summed E-state index contributed by atoms with van der Waals surface area (Å²) in [6.45, 7) is -0.761. The van der Waals surface area contributed by atoms with E-state index >= 15 is 0 Å². The van der Waals surface area contributed by atoms with Crippen LogP contribution >= 0.6 is 0 Å². The second-order valence-corrected chi connectivity index (χ2v) is 6.23. The molecule has 31 heavy (non-hydrogen) atoms. The Morgan fingerprint density at radius 3 is 2.26 bits per heavy atom. The third-order valence-corrected chi connectivity index (χ3v) is 4.18. The van der Waals surface area contributed by atoms with Gasteiger partial charge in [0.05, 0.1) is 26.7 Å². The zero-order chi connectivity index (χ0) is 22.6. The number of rotatable bonds is 10. The highest BCUT2D eigenvalue weighted by atomic mass is 16.5. The van der Waals surface area contributed by atoms with Crippen LogP contribution in [-0.4, -0.2) is 51.7 Å². The Morgan fingerprint density at radius 2 is 1.68 bits per heavy atom. The summed E-state index contributed by atoms with van der Waals surface area (Å²) in [4.78, 5) is 38.1. The van der Waals surface area contributed by atoms with Gasteiger partial charge in [-0.15, -0.1) is 0 Å². The number of anilines is 1. The highest BCUT2D eigenvalue weighted by molar-refractivity contribution is 5.97. The molecular weight excluding hydrogens is 402 g/mol. The zero-order valence-corrected chi connectivity index (χ0v) is 17.3. The molecule has 0 atom stereocenters. The van der Waals surface area contributed by atoms with Gasteiger partial charge < -0.3 is 24.4 Å². The summed E-state index contributed by atoms with van der Waals surface area (Å²) < 4.78 is 15.2. The fourth-order valence-electron chi connectivity index (χ4n) is 2.63. The highest BCUT2D eigenvalue weighted by Gasteiger charge is 2.18. The number of carbonyl (C=O) groups is 3. The average molecular weight is 425 g/mol. The van der Waals surface area contributed by atoms with E-state index in [-0.39, 0.29) is 18.5 Å². The van der Waals surface area contributed by atoms with E-state index in [2.05, 4.69) is 5.32 Å². The minimum atomic E-state index is -0.773. The fourth-order valence-corrected chi connectivity index (χ4v) is 2.63. The van der Waals surface area contributed by atoms with E-state index < -0.39 is 30.9 Å². The van der Waals surface area contributed by atoms with Crippen LogP contribution in [0, 0.1) is 11.3 Å². The van der Waals surface area contributed by atoms with E-state index in [1.807, 2.05) is 6.07 Å². The number of para-hydroxylation sites is 1. The van der Waals surface area contributed by atoms with Crippen molar-refractivity contribution in [2.24, 2.45) is 0 Å². The van der Waals surface area contributed by atoms with Crippen molar-refractivity contribution in [2.75, 3.05) is 38.8 Å². The molecule has 0 aliphatic heterocycles. The summed E-state index contributed by atoms with van der Waals surface area (Å²) in [7, 11) is 2.92. The van der Waals surface area contributed by atoms with Gasteiger partial charge >= 0.3 is 5.97 Å². The molecule has 0 saturated heterocycles. The number of benzene rings is 2. The Hall–Kier alpha value is -4.06. The summed E-state index contributed by atoms with van der Waals surface area (Å²) >= 11 is 0. The zero-order valence-electron chi connectivity index (χ0n) is 17.3. The van der Waals surface area contributed by atoms with Crippen molar-refractivity contribution in [1.82, 2.24) is 5.32 Å². The molecule has 0 aliphatic rings. The summed E-state index contributed by atoms with van der Waals surface area (Å²) in [5.74, 6) is -0.920. The number of nitriles is 1. The van der Waals surface area contributed by atoms with Gasteiger partial charge in [-0.05, 0) is 24.3 Å². The van der Waals surface area contributed by atoms with Crippen LogP contribution in [-0.2, 0) is 14.3 Å². The average Bonchev–Trinajstić information content (AvgIpc) is 2.81. The topological polar surface area (TPSA) is 118 Å². The maximum atomic E-state index is 12.5. The van der Waals surface area contributed by atoms with Crippen LogP contribution in [0.2, 0.25) is 0 Å². The Morgan fingerprint density at radius 1 is 1.03 bits per heavy atom. The van der Waals surface area contributed by atoms with E-state index in [4.69, 9.17) is 19.5 Å². The van der Waals surface area contributed by atoms with E-state index in [9.17, 15) is 14.4 Å². The molecule has 0 radical (unpaired) electrons. The van der Waals surface area contributed by atoms with Crippen LogP contribution in [0.15, 0.2) is 48.5 Å². The van der Waals surface area contributed by atoms with Gasteiger partial charge in [0.2, 0.25) is 0 Å². The molecule has 0 heterocycles.